The number of carboxylic acid groups (broad SMARTS) is 1. The summed E-state index contributed by atoms with van der Waals surface area (Å²) in [6.07, 6.45) is 3.04. The number of thiophene rings is 1. The quantitative estimate of drug-likeness (QED) is 0.378. The number of nitrogens with zero attached hydrogens (tertiary/aromatic N) is 2. The van der Waals surface area contributed by atoms with Crippen LogP contribution in [0.3, 0.4) is 0 Å². The smallest absolute Gasteiger partial charge is 0.337 e. The van der Waals surface area contributed by atoms with Crippen LogP contribution in [-0.2, 0) is 35.4 Å². The van der Waals surface area contributed by atoms with Gasteiger partial charge in [0.05, 0.1) is 5.56 Å². The number of rotatable bonds is 6. The van der Waals surface area contributed by atoms with Crippen molar-refractivity contribution in [3.63, 3.8) is 0 Å². The number of aldehydes is 1. The molecule has 1 aliphatic heterocycles. The van der Waals surface area contributed by atoms with Gasteiger partial charge in [0.1, 0.15) is 5.76 Å². The fraction of sp³-hybridized carbons (Fsp3) is 0.391. The fourth-order valence-corrected chi connectivity index (χ4v) is 6.75. The van der Waals surface area contributed by atoms with E-state index in [0.717, 1.165) is 49.3 Å². The third-order valence-corrected chi connectivity index (χ3v) is 8.33. The molecule has 9 heteroatoms. The summed E-state index contributed by atoms with van der Waals surface area (Å²) in [5, 5.41) is 17.3. The lowest BCUT2D eigenvalue weighted by Crippen LogP contribution is -2.33. The lowest BCUT2D eigenvalue weighted by atomic mass is 9.86. The molecule has 4 rings (SSSR count). The first-order chi connectivity index (χ1) is 15.3. The van der Waals surface area contributed by atoms with Crippen molar-refractivity contribution in [1.82, 2.24) is 8.61 Å². The minimum absolute atomic E-state index is 0.278. The zero-order chi connectivity index (χ0) is 23.3. The summed E-state index contributed by atoms with van der Waals surface area (Å²) in [5.41, 5.74) is 2.70. The van der Waals surface area contributed by atoms with Gasteiger partial charge < -0.3 is 10.2 Å². The summed E-state index contributed by atoms with van der Waals surface area (Å²) in [5.74, 6) is -0.875. The van der Waals surface area contributed by atoms with Gasteiger partial charge in [-0.05, 0) is 43.2 Å². The normalized spacial score (nSPS) is 20.8. The Bertz CT molecular complexity index is 1010. The maximum absolute atomic E-state index is 12.9. The van der Waals surface area contributed by atoms with Crippen molar-refractivity contribution in [1.29, 1.82) is 0 Å². The van der Waals surface area contributed by atoms with Gasteiger partial charge in [-0.15, -0.1) is 11.3 Å². The molecule has 2 atom stereocenters. The van der Waals surface area contributed by atoms with Crippen LogP contribution < -0.4 is 0 Å². The van der Waals surface area contributed by atoms with E-state index in [1.54, 1.807) is 11.3 Å². The van der Waals surface area contributed by atoms with Gasteiger partial charge in [0.25, 0.3) is 0 Å². The average Bonchev–Trinajstić information content (AvgIpc) is 3.28. The topological polar surface area (TPSA) is 98.1 Å². The highest BCUT2D eigenvalue weighted by atomic mass is 32.2. The number of hydrogen-bond acceptors (Lipinski definition) is 5. The molecule has 1 aromatic heterocycles. The monoisotopic (exact) mass is 476 g/mol. The molecule has 2 aliphatic rings. The highest BCUT2D eigenvalue weighted by Gasteiger charge is 2.33. The number of benzene rings is 1. The molecular weight excluding hydrogens is 448 g/mol. The number of aliphatic hydroxyl groups is 1. The van der Waals surface area contributed by atoms with Crippen molar-refractivity contribution in [3.05, 3.63) is 69.1 Å². The summed E-state index contributed by atoms with van der Waals surface area (Å²) < 4.78 is 16.9. The first kappa shape index (κ1) is 24.3. The number of aryl methyl sites for hydroxylation is 2. The molecule has 0 spiro atoms. The predicted octanol–water partition coefficient (Wildman–Crippen LogP) is 3.51. The van der Waals surface area contributed by atoms with E-state index in [1.165, 1.54) is 10.4 Å². The Hall–Kier alpha value is -2.33. The number of aliphatic hydroxyl groups excluding tert-OH is 1. The van der Waals surface area contributed by atoms with Crippen LogP contribution >= 0.6 is 11.3 Å². The molecule has 2 aromatic rings. The van der Waals surface area contributed by atoms with Crippen molar-refractivity contribution in [2.45, 2.75) is 32.7 Å². The standard InChI is InChI=1S/C20H24N2O3S2.C3H4O2/c1-14-19(20(23)24)17-11-16(7-8-18(17)26-14)13-22-10-9-21(27(22)25)12-15-5-3-2-4-6-15;1-3(5)2-4/h2-6,16H,7-13H2,1H3,(H,23,24);2,5H,1H2. The number of carboxylic acids is 1. The van der Waals surface area contributed by atoms with Gasteiger partial charge in [-0.1, -0.05) is 36.9 Å². The third-order valence-electron chi connectivity index (χ3n) is 5.59. The molecule has 1 fully saturated rings. The van der Waals surface area contributed by atoms with E-state index < -0.39 is 22.9 Å². The summed E-state index contributed by atoms with van der Waals surface area (Å²) in [6.45, 7) is 7.84. The summed E-state index contributed by atoms with van der Waals surface area (Å²) in [7, 11) is 0. The highest BCUT2D eigenvalue weighted by molar-refractivity contribution is 7.80. The van der Waals surface area contributed by atoms with E-state index in [9.17, 15) is 14.1 Å². The predicted molar refractivity (Wildman–Crippen MR) is 126 cm³/mol. The molecule has 32 heavy (non-hydrogen) atoms. The van der Waals surface area contributed by atoms with Crippen LogP contribution in [0.4, 0.5) is 0 Å². The lowest BCUT2D eigenvalue weighted by molar-refractivity contribution is -0.106. The summed E-state index contributed by atoms with van der Waals surface area (Å²) in [6, 6.07) is 10.1. The SMILES string of the molecule is C=C(O)C=O.Cc1sc2c(c1C(=O)O)CC(CN1CCN(Cc3ccccc3)S1=O)CC2. The molecule has 0 saturated carbocycles. The molecule has 7 nitrogen and oxygen atoms in total. The molecule has 0 amide bonds. The molecule has 0 radical (unpaired) electrons. The first-order valence-electron chi connectivity index (χ1n) is 10.4. The van der Waals surface area contributed by atoms with Crippen molar-refractivity contribution in [2.24, 2.45) is 5.92 Å². The molecule has 2 heterocycles. The van der Waals surface area contributed by atoms with E-state index in [-0.39, 0.29) is 6.29 Å². The second-order valence-corrected chi connectivity index (χ2v) is 10.7. The number of allylic oxidation sites excluding steroid dienone is 1. The molecular formula is C23H28N2O5S2. The minimum atomic E-state index is -1.11. The Morgan fingerprint density at radius 3 is 2.53 bits per heavy atom. The Morgan fingerprint density at radius 1 is 1.25 bits per heavy atom. The van der Waals surface area contributed by atoms with Crippen LogP contribution in [0.15, 0.2) is 42.7 Å². The number of hydrogen-bond donors (Lipinski definition) is 2. The number of aromatic carboxylic acids is 1. The average molecular weight is 477 g/mol. The molecule has 2 N–H and O–H groups in total. The fourth-order valence-electron chi connectivity index (χ4n) is 4.14. The molecule has 0 bridgehead atoms. The highest BCUT2D eigenvalue weighted by Crippen LogP contribution is 2.36. The van der Waals surface area contributed by atoms with Gasteiger partial charge in [0.2, 0.25) is 0 Å². The van der Waals surface area contributed by atoms with E-state index in [1.807, 2.05) is 29.4 Å². The number of fused-ring (bicyclic) bond motifs is 1. The molecule has 172 valence electrons. The Balaban J connectivity index is 0.000000523. The second kappa shape index (κ2) is 11.0. The first-order valence-corrected chi connectivity index (χ1v) is 12.3. The van der Waals surface area contributed by atoms with E-state index in [4.69, 9.17) is 9.90 Å². The summed E-state index contributed by atoms with van der Waals surface area (Å²) >= 11 is 0.515. The van der Waals surface area contributed by atoms with E-state index in [0.29, 0.717) is 18.0 Å². The maximum Gasteiger partial charge on any atom is 0.337 e. The van der Waals surface area contributed by atoms with Crippen LogP contribution in [0.1, 0.15) is 37.7 Å². The zero-order valence-electron chi connectivity index (χ0n) is 18.0. The van der Waals surface area contributed by atoms with Gasteiger partial charge in [-0.2, -0.15) is 0 Å². The Labute approximate surface area is 194 Å². The largest absolute Gasteiger partial charge is 0.505 e. The Morgan fingerprint density at radius 2 is 1.91 bits per heavy atom. The van der Waals surface area contributed by atoms with Crippen molar-refractivity contribution < 1.29 is 24.0 Å². The van der Waals surface area contributed by atoms with Gasteiger partial charge in [0, 0.05) is 35.9 Å². The van der Waals surface area contributed by atoms with Crippen LogP contribution in [0.25, 0.3) is 0 Å². The van der Waals surface area contributed by atoms with Crippen LogP contribution in [0.2, 0.25) is 0 Å². The molecule has 1 aromatic carbocycles. The van der Waals surface area contributed by atoms with Crippen LogP contribution in [0.5, 0.6) is 0 Å². The molecule has 1 aliphatic carbocycles. The lowest BCUT2D eigenvalue weighted by Gasteiger charge is -2.26. The van der Waals surface area contributed by atoms with Crippen LogP contribution in [0, 0.1) is 12.8 Å². The zero-order valence-corrected chi connectivity index (χ0v) is 19.7. The van der Waals surface area contributed by atoms with Crippen molar-refractivity contribution >= 4 is 34.8 Å². The summed E-state index contributed by atoms with van der Waals surface area (Å²) in [4.78, 5) is 22.9. The maximum atomic E-state index is 12.9. The molecule has 2 unspecified atom stereocenters. The van der Waals surface area contributed by atoms with E-state index in [2.05, 4.69) is 23.0 Å². The van der Waals surface area contributed by atoms with Gasteiger partial charge in [-0.3, -0.25) is 4.79 Å². The molecule has 1 saturated heterocycles. The van der Waals surface area contributed by atoms with E-state index >= 15 is 0 Å². The minimum Gasteiger partial charge on any atom is -0.505 e. The number of carbonyl (C=O) groups excluding carboxylic acids is 1. The Kier molecular flexibility index (Phi) is 8.36. The van der Waals surface area contributed by atoms with Gasteiger partial charge in [-0.25, -0.2) is 17.6 Å². The van der Waals surface area contributed by atoms with Gasteiger partial charge in [0.15, 0.2) is 17.5 Å². The number of carbonyl (C=O) groups is 2. The van der Waals surface area contributed by atoms with Crippen LogP contribution in [-0.4, -0.2) is 54.9 Å². The van der Waals surface area contributed by atoms with Crippen molar-refractivity contribution in [2.75, 3.05) is 19.6 Å². The van der Waals surface area contributed by atoms with Gasteiger partial charge >= 0.3 is 5.97 Å². The second-order valence-electron chi connectivity index (χ2n) is 7.93. The third kappa shape index (κ3) is 5.92. The van der Waals surface area contributed by atoms with Crippen molar-refractivity contribution in [3.8, 4) is 0 Å².